The number of benzene rings is 1. The fourth-order valence-electron chi connectivity index (χ4n) is 2.93. The lowest BCUT2D eigenvalue weighted by Gasteiger charge is -2.34. The summed E-state index contributed by atoms with van der Waals surface area (Å²) in [5.74, 6) is 0.0738. The number of rotatable bonds is 4. The number of carbonyl (C=O) groups is 2. The van der Waals surface area contributed by atoms with Crippen LogP contribution in [0.2, 0.25) is 5.02 Å². The number of hydrogen-bond donors (Lipinski definition) is 0. The highest BCUT2D eigenvalue weighted by Gasteiger charge is 2.24. The van der Waals surface area contributed by atoms with Gasteiger partial charge in [-0.25, -0.2) is 0 Å². The van der Waals surface area contributed by atoms with Crippen molar-refractivity contribution in [3.8, 4) is 0 Å². The van der Waals surface area contributed by atoms with Gasteiger partial charge in [0.25, 0.3) is 5.91 Å². The largest absolute Gasteiger partial charge is 0.339 e. The minimum atomic E-state index is -0.0312. The minimum Gasteiger partial charge on any atom is -0.339 e. The Morgan fingerprint density at radius 1 is 1.00 bits per heavy atom. The number of carbonyl (C=O) groups excluding carboxylic acids is 2. The first-order chi connectivity index (χ1) is 12.1. The third kappa shape index (κ3) is 4.37. The molecule has 0 atom stereocenters. The van der Waals surface area contributed by atoms with E-state index in [1.54, 1.807) is 29.4 Å². The van der Waals surface area contributed by atoms with Crippen molar-refractivity contribution in [2.75, 3.05) is 26.2 Å². The zero-order valence-corrected chi connectivity index (χ0v) is 14.7. The number of halogens is 1. The lowest BCUT2D eigenvalue weighted by Crippen LogP contribution is -2.50. The molecule has 0 radical (unpaired) electrons. The summed E-state index contributed by atoms with van der Waals surface area (Å²) >= 11 is 6.13. The zero-order valence-electron chi connectivity index (χ0n) is 13.9. The molecule has 2 aromatic rings. The number of nitrogens with zero attached hydrogens (tertiary/aromatic N) is 3. The van der Waals surface area contributed by atoms with Crippen molar-refractivity contribution in [1.82, 2.24) is 14.8 Å². The van der Waals surface area contributed by atoms with E-state index < -0.39 is 0 Å². The lowest BCUT2D eigenvalue weighted by atomic mass is 10.1. The molecule has 1 aliphatic heterocycles. The van der Waals surface area contributed by atoms with Crippen LogP contribution in [0.1, 0.15) is 22.3 Å². The van der Waals surface area contributed by atoms with Gasteiger partial charge in [-0.3, -0.25) is 14.6 Å². The summed E-state index contributed by atoms with van der Waals surface area (Å²) in [5, 5.41) is 0.696. The molecule has 130 valence electrons. The van der Waals surface area contributed by atoms with E-state index >= 15 is 0 Å². The molecule has 2 amide bonds. The smallest absolute Gasteiger partial charge is 0.255 e. The molecule has 25 heavy (non-hydrogen) atoms. The van der Waals surface area contributed by atoms with Gasteiger partial charge in [0, 0.05) is 50.0 Å². The molecule has 0 saturated carbocycles. The molecule has 1 aromatic heterocycles. The van der Waals surface area contributed by atoms with E-state index in [1.165, 1.54) is 0 Å². The molecule has 0 N–H and O–H groups in total. The maximum Gasteiger partial charge on any atom is 0.255 e. The highest BCUT2D eigenvalue weighted by atomic mass is 35.5. The lowest BCUT2D eigenvalue weighted by molar-refractivity contribution is -0.132. The van der Waals surface area contributed by atoms with Gasteiger partial charge in [0.1, 0.15) is 0 Å². The number of amides is 2. The molecule has 1 aromatic carbocycles. The topological polar surface area (TPSA) is 53.5 Å². The van der Waals surface area contributed by atoms with Crippen LogP contribution in [0.5, 0.6) is 0 Å². The van der Waals surface area contributed by atoms with Crippen molar-refractivity contribution in [3.05, 3.63) is 64.9 Å². The molecule has 6 heteroatoms. The van der Waals surface area contributed by atoms with Crippen molar-refractivity contribution >= 4 is 23.4 Å². The van der Waals surface area contributed by atoms with Gasteiger partial charge < -0.3 is 9.80 Å². The first-order valence-electron chi connectivity index (χ1n) is 8.35. The van der Waals surface area contributed by atoms with E-state index in [-0.39, 0.29) is 11.8 Å². The number of aromatic nitrogens is 1. The summed E-state index contributed by atoms with van der Waals surface area (Å²) < 4.78 is 0. The predicted molar refractivity (Wildman–Crippen MR) is 96.5 cm³/mol. The molecule has 0 aliphatic carbocycles. The Morgan fingerprint density at radius 3 is 2.40 bits per heavy atom. The minimum absolute atomic E-state index is 0.0312. The van der Waals surface area contributed by atoms with Gasteiger partial charge in [0.15, 0.2) is 0 Å². The average molecular weight is 358 g/mol. The van der Waals surface area contributed by atoms with Gasteiger partial charge in [0.2, 0.25) is 5.91 Å². The first kappa shape index (κ1) is 17.4. The maximum atomic E-state index is 12.4. The number of hydrogen-bond acceptors (Lipinski definition) is 3. The second-order valence-corrected chi connectivity index (χ2v) is 6.41. The van der Waals surface area contributed by atoms with Crippen LogP contribution in [0, 0.1) is 0 Å². The van der Waals surface area contributed by atoms with Gasteiger partial charge in [-0.2, -0.15) is 0 Å². The molecule has 0 bridgehead atoms. The van der Waals surface area contributed by atoms with Gasteiger partial charge >= 0.3 is 0 Å². The Morgan fingerprint density at radius 2 is 1.72 bits per heavy atom. The maximum absolute atomic E-state index is 12.4. The fourth-order valence-corrected chi connectivity index (χ4v) is 3.16. The number of piperazine rings is 1. The SMILES string of the molecule is O=C(CCc1ccccc1Cl)N1CCN(C(=O)c2cccnc2)CC1. The molecule has 1 saturated heterocycles. The Hall–Kier alpha value is -2.40. The second-order valence-electron chi connectivity index (χ2n) is 6.01. The molecule has 0 unspecified atom stereocenters. The van der Waals surface area contributed by atoms with E-state index in [0.29, 0.717) is 49.6 Å². The Balaban J connectivity index is 1.49. The summed E-state index contributed by atoms with van der Waals surface area (Å²) in [6.07, 6.45) is 4.28. The summed E-state index contributed by atoms with van der Waals surface area (Å²) in [6, 6.07) is 11.1. The van der Waals surface area contributed by atoms with Gasteiger partial charge in [-0.15, -0.1) is 0 Å². The summed E-state index contributed by atoms with van der Waals surface area (Å²) in [6.45, 7) is 2.22. The Kier molecular flexibility index (Phi) is 5.66. The van der Waals surface area contributed by atoms with Gasteiger partial charge in [0.05, 0.1) is 5.56 Å². The van der Waals surface area contributed by atoms with Crippen molar-refractivity contribution in [1.29, 1.82) is 0 Å². The summed E-state index contributed by atoms with van der Waals surface area (Å²) in [7, 11) is 0. The van der Waals surface area contributed by atoms with Gasteiger partial charge in [-0.1, -0.05) is 29.8 Å². The van der Waals surface area contributed by atoms with Crippen LogP contribution in [0.4, 0.5) is 0 Å². The van der Waals surface area contributed by atoms with Crippen LogP contribution >= 0.6 is 11.6 Å². The molecular weight excluding hydrogens is 338 g/mol. The van der Waals surface area contributed by atoms with E-state index in [1.807, 2.05) is 29.2 Å². The average Bonchev–Trinajstić information content (AvgIpc) is 2.67. The van der Waals surface area contributed by atoms with Crippen molar-refractivity contribution in [3.63, 3.8) is 0 Å². The van der Waals surface area contributed by atoms with Crippen LogP contribution in [-0.4, -0.2) is 52.8 Å². The molecule has 1 fully saturated rings. The normalized spacial score (nSPS) is 14.4. The Bertz CT molecular complexity index is 743. The molecule has 2 heterocycles. The van der Waals surface area contributed by atoms with E-state index in [0.717, 1.165) is 5.56 Å². The monoisotopic (exact) mass is 357 g/mol. The van der Waals surface area contributed by atoms with E-state index in [4.69, 9.17) is 11.6 Å². The highest BCUT2D eigenvalue weighted by molar-refractivity contribution is 6.31. The van der Waals surface area contributed by atoms with E-state index in [2.05, 4.69) is 4.98 Å². The number of aryl methyl sites for hydroxylation is 1. The van der Waals surface area contributed by atoms with Crippen LogP contribution in [-0.2, 0) is 11.2 Å². The van der Waals surface area contributed by atoms with Crippen molar-refractivity contribution in [2.24, 2.45) is 0 Å². The van der Waals surface area contributed by atoms with Crippen molar-refractivity contribution in [2.45, 2.75) is 12.8 Å². The third-order valence-corrected chi connectivity index (χ3v) is 4.76. The molecule has 1 aliphatic rings. The standard InChI is InChI=1S/C19H20ClN3O2/c20-17-6-2-1-4-15(17)7-8-18(24)22-10-12-23(13-11-22)19(25)16-5-3-9-21-14-16/h1-6,9,14H,7-8,10-13H2. The molecular formula is C19H20ClN3O2. The van der Waals surface area contributed by atoms with Crippen LogP contribution in [0.3, 0.4) is 0 Å². The summed E-state index contributed by atoms with van der Waals surface area (Å²) in [5.41, 5.74) is 1.57. The predicted octanol–water partition coefficient (Wildman–Crippen LogP) is 2.65. The first-order valence-corrected chi connectivity index (χ1v) is 8.73. The Labute approximate surface area is 152 Å². The van der Waals surface area contributed by atoms with E-state index in [9.17, 15) is 9.59 Å². The number of pyridine rings is 1. The van der Waals surface area contributed by atoms with Gasteiger partial charge in [-0.05, 0) is 30.2 Å². The second kappa shape index (κ2) is 8.12. The fraction of sp³-hybridized carbons (Fsp3) is 0.316. The molecule has 0 spiro atoms. The quantitative estimate of drug-likeness (QED) is 0.845. The summed E-state index contributed by atoms with van der Waals surface area (Å²) in [4.78, 5) is 32.4. The van der Waals surface area contributed by atoms with Crippen LogP contribution in [0.25, 0.3) is 0 Å². The molecule has 5 nitrogen and oxygen atoms in total. The van der Waals surface area contributed by atoms with Crippen molar-refractivity contribution < 1.29 is 9.59 Å². The van der Waals surface area contributed by atoms with Crippen LogP contribution < -0.4 is 0 Å². The zero-order chi connectivity index (χ0) is 17.6. The third-order valence-electron chi connectivity index (χ3n) is 4.39. The van der Waals surface area contributed by atoms with Crippen LogP contribution in [0.15, 0.2) is 48.8 Å². The highest BCUT2D eigenvalue weighted by Crippen LogP contribution is 2.17. The molecule has 3 rings (SSSR count).